The van der Waals surface area contributed by atoms with Crippen molar-refractivity contribution in [3.63, 3.8) is 0 Å². The van der Waals surface area contributed by atoms with Gasteiger partial charge in [0.25, 0.3) is 0 Å². The van der Waals surface area contributed by atoms with Gasteiger partial charge >= 0.3 is 5.97 Å². The maximum absolute atomic E-state index is 11.8. The molecule has 1 aromatic carbocycles. The van der Waals surface area contributed by atoms with E-state index in [0.717, 1.165) is 29.3 Å². The summed E-state index contributed by atoms with van der Waals surface area (Å²) in [5.41, 5.74) is 0.637. The topological polar surface area (TPSA) is 75.6 Å². The van der Waals surface area contributed by atoms with E-state index < -0.39 is 5.97 Å². The number of benzene rings is 1. The normalized spacial score (nSPS) is 15.2. The number of aromatic carboxylic acids is 1. The van der Waals surface area contributed by atoms with Gasteiger partial charge in [-0.25, -0.2) is 4.79 Å². The number of amides is 1. The number of nitrogens with one attached hydrogen (secondary N) is 1. The van der Waals surface area contributed by atoms with Crippen LogP contribution in [0.5, 0.6) is 0 Å². The van der Waals surface area contributed by atoms with Gasteiger partial charge in [-0.15, -0.1) is 0 Å². The highest BCUT2D eigenvalue weighted by atomic mass is 127. The molecule has 0 atom stereocenters. The molecule has 1 aromatic rings. The monoisotopic (exact) mass is 389 g/mol. The van der Waals surface area contributed by atoms with Crippen LogP contribution in [0.4, 0.5) is 5.69 Å². The van der Waals surface area contributed by atoms with Crippen LogP contribution in [0.3, 0.4) is 0 Å². The first-order chi connectivity index (χ1) is 9.54. The summed E-state index contributed by atoms with van der Waals surface area (Å²) in [6.45, 7) is 0.0124. The lowest BCUT2D eigenvalue weighted by Gasteiger charge is -2.11. The Labute approximate surface area is 130 Å². The van der Waals surface area contributed by atoms with Gasteiger partial charge < -0.3 is 15.2 Å². The largest absolute Gasteiger partial charge is 0.478 e. The van der Waals surface area contributed by atoms with Crippen molar-refractivity contribution >= 4 is 40.2 Å². The Balaban J connectivity index is 1.91. The third-order valence-electron chi connectivity index (χ3n) is 3.18. The van der Waals surface area contributed by atoms with E-state index in [1.165, 1.54) is 6.07 Å². The van der Waals surface area contributed by atoms with Gasteiger partial charge in [-0.05, 0) is 53.6 Å². The van der Waals surface area contributed by atoms with E-state index in [0.29, 0.717) is 5.69 Å². The van der Waals surface area contributed by atoms with E-state index in [2.05, 4.69) is 5.32 Å². The van der Waals surface area contributed by atoms with Crippen molar-refractivity contribution in [3.05, 3.63) is 27.3 Å². The molecule has 1 aliphatic carbocycles. The summed E-state index contributed by atoms with van der Waals surface area (Å²) >= 11 is 2.02. The van der Waals surface area contributed by atoms with Crippen LogP contribution in [0, 0.1) is 3.57 Å². The lowest BCUT2D eigenvalue weighted by molar-refractivity contribution is -0.122. The number of hydrogen-bond acceptors (Lipinski definition) is 3. The van der Waals surface area contributed by atoms with Crippen molar-refractivity contribution in [2.45, 2.75) is 31.8 Å². The molecule has 2 N–H and O–H groups in total. The molecule has 1 amide bonds. The number of anilines is 1. The van der Waals surface area contributed by atoms with Gasteiger partial charge in [-0.2, -0.15) is 0 Å². The smallest absolute Gasteiger partial charge is 0.335 e. The molecule has 2 rings (SSSR count). The van der Waals surface area contributed by atoms with Gasteiger partial charge in [0, 0.05) is 9.26 Å². The second-order valence-electron chi connectivity index (χ2n) is 4.80. The third kappa shape index (κ3) is 4.45. The quantitative estimate of drug-likeness (QED) is 0.760. The second-order valence-corrected chi connectivity index (χ2v) is 6.05. The van der Waals surface area contributed by atoms with Gasteiger partial charge in [0.05, 0.1) is 11.7 Å². The molecule has 0 unspecified atom stereocenters. The van der Waals surface area contributed by atoms with Crippen molar-refractivity contribution in [2.75, 3.05) is 11.9 Å². The van der Waals surface area contributed by atoms with E-state index in [1.54, 1.807) is 12.1 Å². The Morgan fingerprint density at radius 3 is 2.65 bits per heavy atom. The highest BCUT2D eigenvalue weighted by Crippen LogP contribution is 2.21. The predicted octanol–water partition coefficient (Wildman–Crippen LogP) is 2.89. The van der Waals surface area contributed by atoms with Gasteiger partial charge in [0.2, 0.25) is 5.91 Å². The molecule has 5 nitrogen and oxygen atoms in total. The number of carbonyl (C=O) groups excluding carboxylic acids is 1. The molecule has 1 fully saturated rings. The summed E-state index contributed by atoms with van der Waals surface area (Å²) in [5, 5.41) is 11.6. The van der Waals surface area contributed by atoms with Crippen LogP contribution in [0.1, 0.15) is 36.0 Å². The number of carbonyl (C=O) groups is 2. The first kappa shape index (κ1) is 15.2. The zero-order chi connectivity index (χ0) is 14.5. The highest BCUT2D eigenvalue weighted by Gasteiger charge is 2.17. The number of hydrogen-bond donors (Lipinski definition) is 2. The van der Waals surface area contributed by atoms with Gasteiger partial charge in [-0.3, -0.25) is 4.79 Å². The molecule has 0 radical (unpaired) electrons. The summed E-state index contributed by atoms with van der Waals surface area (Å²) in [6.07, 6.45) is 4.53. The number of rotatable bonds is 5. The lowest BCUT2D eigenvalue weighted by atomic mass is 10.2. The lowest BCUT2D eigenvalue weighted by Crippen LogP contribution is -2.22. The Hall–Kier alpha value is -1.15. The van der Waals surface area contributed by atoms with Crippen molar-refractivity contribution < 1.29 is 19.4 Å². The molecule has 0 aliphatic heterocycles. The van der Waals surface area contributed by atoms with Crippen LogP contribution in [-0.4, -0.2) is 29.7 Å². The van der Waals surface area contributed by atoms with Gasteiger partial charge in [0.1, 0.15) is 6.61 Å². The fourth-order valence-electron chi connectivity index (χ4n) is 2.23. The summed E-state index contributed by atoms with van der Waals surface area (Å²) in [6, 6.07) is 4.71. The number of ether oxygens (including phenoxy) is 1. The third-order valence-corrected chi connectivity index (χ3v) is 3.80. The SMILES string of the molecule is O=C(COC1CCCC1)Nc1cc(I)cc(C(=O)O)c1. The van der Waals surface area contributed by atoms with E-state index >= 15 is 0 Å². The molecule has 0 saturated heterocycles. The average Bonchev–Trinajstić information content (AvgIpc) is 2.88. The van der Waals surface area contributed by atoms with Crippen LogP contribution in [-0.2, 0) is 9.53 Å². The highest BCUT2D eigenvalue weighted by molar-refractivity contribution is 14.1. The fraction of sp³-hybridized carbons (Fsp3) is 0.429. The fourth-order valence-corrected chi connectivity index (χ4v) is 2.90. The van der Waals surface area contributed by atoms with E-state index in [-0.39, 0.29) is 24.2 Å². The van der Waals surface area contributed by atoms with E-state index in [4.69, 9.17) is 9.84 Å². The molecular weight excluding hydrogens is 373 g/mol. The molecule has 0 spiro atoms. The van der Waals surface area contributed by atoms with Crippen LogP contribution in [0.2, 0.25) is 0 Å². The summed E-state index contributed by atoms with van der Waals surface area (Å²) in [7, 11) is 0. The van der Waals surface area contributed by atoms with Crippen molar-refractivity contribution in [1.82, 2.24) is 0 Å². The van der Waals surface area contributed by atoms with Gasteiger partial charge in [0.15, 0.2) is 0 Å². The minimum absolute atomic E-state index is 0.0124. The Morgan fingerprint density at radius 2 is 2.00 bits per heavy atom. The van der Waals surface area contributed by atoms with Crippen LogP contribution in [0.25, 0.3) is 0 Å². The van der Waals surface area contributed by atoms with Crippen molar-refractivity contribution in [3.8, 4) is 0 Å². The predicted molar refractivity (Wildman–Crippen MR) is 83.0 cm³/mol. The molecule has 20 heavy (non-hydrogen) atoms. The Bertz CT molecular complexity index is 512. The second kappa shape index (κ2) is 7.03. The molecule has 0 aromatic heterocycles. The molecule has 108 valence electrons. The first-order valence-electron chi connectivity index (χ1n) is 6.50. The summed E-state index contributed by atoms with van der Waals surface area (Å²) in [4.78, 5) is 22.7. The molecule has 1 aliphatic rings. The summed E-state index contributed by atoms with van der Waals surface area (Å²) in [5.74, 6) is -1.27. The zero-order valence-electron chi connectivity index (χ0n) is 10.9. The number of carboxylic acids is 1. The zero-order valence-corrected chi connectivity index (χ0v) is 13.1. The van der Waals surface area contributed by atoms with Crippen LogP contribution in [0.15, 0.2) is 18.2 Å². The van der Waals surface area contributed by atoms with Crippen LogP contribution < -0.4 is 5.32 Å². The molecule has 0 bridgehead atoms. The number of carboxylic acid groups (broad SMARTS) is 1. The average molecular weight is 389 g/mol. The van der Waals surface area contributed by atoms with Crippen LogP contribution >= 0.6 is 22.6 Å². The van der Waals surface area contributed by atoms with Crippen molar-refractivity contribution in [1.29, 1.82) is 0 Å². The Kier molecular flexibility index (Phi) is 5.36. The first-order valence-corrected chi connectivity index (χ1v) is 7.58. The molecule has 0 heterocycles. The molecular formula is C14H16INO4. The van der Waals surface area contributed by atoms with Crippen molar-refractivity contribution in [2.24, 2.45) is 0 Å². The standard InChI is InChI=1S/C14H16INO4/c15-10-5-9(14(18)19)6-11(7-10)16-13(17)8-20-12-3-1-2-4-12/h5-7,12H,1-4,8H2,(H,16,17)(H,18,19). The Morgan fingerprint density at radius 1 is 1.30 bits per heavy atom. The molecule has 6 heteroatoms. The van der Waals surface area contributed by atoms with E-state index in [9.17, 15) is 9.59 Å². The maximum atomic E-state index is 11.8. The minimum Gasteiger partial charge on any atom is -0.478 e. The minimum atomic E-state index is -1.01. The number of halogens is 1. The van der Waals surface area contributed by atoms with E-state index in [1.807, 2.05) is 22.6 Å². The maximum Gasteiger partial charge on any atom is 0.335 e. The summed E-state index contributed by atoms with van der Waals surface area (Å²) < 4.78 is 6.27. The molecule has 1 saturated carbocycles. The van der Waals surface area contributed by atoms with Gasteiger partial charge in [-0.1, -0.05) is 12.8 Å².